The Bertz CT molecular complexity index is 1370. The number of hydrogen-bond donors (Lipinski definition) is 2. The van der Waals surface area contributed by atoms with Crippen molar-refractivity contribution in [1.82, 2.24) is 20.1 Å². The lowest BCUT2D eigenvalue weighted by Gasteiger charge is -2.44. The highest BCUT2D eigenvalue weighted by Crippen LogP contribution is 2.35. The van der Waals surface area contributed by atoms with Crippen LogP contribution in [0, 0.1) is 5.92 Å². The molecule has 0 saturated carbocycles. The van der Waals surface area contributed by atoms with E-state index < -0.39 is 9.96 Å². The van der Waals surface area contributed by atoms with Crippen LogP contribution in [0.5, 0.6) is 0 Å². The van der Waals surface area contributed by atoms with E-state index in [1.165, 1.54) is 0 Å². The van der Waals surface area contributed by atoms with E-state index in [0.29, 0.717) is 24.7 Å². The molecule has 3 heterocycles. The number of carbonyl (C=O) groups is 1. The van der Waals surface area contributed by atoms with Gasteiger partial charge in [0.1, 0.15) is 6.17 Å². The van der Waals surface area contributed by atoms with Gasteiger partial charge in [-0.1, -0.05) is 83.3 Å². The molecule has 2 aliphatic heterocycles. The SMILES string of the molecule is O=C(Cc1cccc2ccccc12)NC(NC(=S)N1CC2CC(C1)c1cccc(=O)n1C2)C(Cl)(Cl)Cl. The summed E-state index contributed by atoms with van der Waals surface area (Å²) in [5.74, 6) is 0.170. The molecule has 1 saturated heterocycles. The van der Waals surface area contributed by atoms with E-state index in [2.05, 4.69) is 10.6 Å². The third kappa shape index (κ3) is 5.35. The van der Waals surface area contributed by atoms with Crippen LogP contribution in [0.2, 0.25) is 0 Å². The fraction of sp³-hybridized carbons (Fsp3) is 0.346. The minimum atomic E-state index is -1.83. The van der Waals surface area contributed by atoms with Crippen molar-refractivity contribution in [2.75, 3.05) is 13.1 Å². The van der Waals surface area contributed by atoms with Crippen LogP contribution in [0.25, 0.3) is 10.8 Å². The van der Waals surface area contributed by atoms with Crippen LogP contribution in [0.3, 0.4) is 0 Å². The first kappa shape index (κ1) is 25.3. The fourth-order valence-corrected chi connectivity index (χ4v) is 5.90. The van der Waals surface area contributed by atoms with Crippen molar-refractivity contribution in [2.45, 2.75) is 35.3 Å². The van der Waals surface area contributed by atoms with Gasteiger partial charge in [-0.25, -0.2) is 0 Å². The van der Waals surface area contributed by atoms with Crippen LogP contribution in [-0.4, -0.2) is 43.5 Å². The molecule has 2 aliphatic rings. The van der Waals surface area contributed by atoms with Gasteiger partial charge in [-0.05, 0) is 47.0 Å². The third-order valence-electron chi connectivity index (χ3n) is 6.90. The lowest BCUT2D eigenvalue weighted by atomic mass is 9.83. The molecule has 2 N–H and O–H groups in total. The minimum absolute atomic E-state index is 0.0292. The summed E-state index contributed by atoms with van der Waals surface area (Å²) in [4.78, 5) is 27.3. The molecule has 6 nitrogen and oxygen atoms in total. The van der Waals surface area contributed by atoms with Gasteiger partial charge in [-0.15, -0.1) is 0 Å². The maximum absolute atomic E-state index is 13.0. The molecular formula is C26H25Cl3N4O2S. The molecule has 0 radical (unpaired) electrons. The molecule has 1 amide bonds. The second kappa shape index (κ2) is 10.2. The number of pyridine rings is 1. The molecule has 3 unspecified atom stereocenters. The average molecular weight is 564 g/mol. The number of rotatable bonds is 4. The van der Waals surface area contributed by atoms with Gasteiger partial charge < -0.3 is 20.1 Å². The standard InChI is InChI=1S/C26H25Cl3N4O2S/c27-26(28,29)24(30-22(34)12-18-7-3-6-17-5-1-2-8-20(17)18)31-25(36)32-13-16-11-19(15-32)21-9-4-10-23(35)33(21)14-16/h1-10,16,19,24H,11-15H2,(H,30,34)(H,31,36). The molecule has 1 fully saturated rings. The summed E-state index contributed by atoms with van der Waals surface area (Å²) < 4.78 is 0.0360. The Labute approximate surface area is 229 Å². The van der Waals surface area contributed by atoms with Crippen molar-refractivity contribution in [1.29, 1.82) is 0 Å². The highest BCUT2D eigenvalue weighted by atomic mass is 35.6. The van der Waals surface area contributed by atoms with Crippen LogP contribution < -0.4 is 16.2 Å². The number of amides is 1. The van der Waals surface area contributed by atoms with Gasteiger partial charge in [0.25, 0.3) is 5.56 Å². The number of thiocarbonyl (C=S) groups is 1. The van der Waals surface area contributed by atoms with Crippen molar-refractivity contribution < 1.29 is 4.79 Å². The third-order valence-corrected chi connectivity index (χ3v) is 7.93. The van der Waals surface area contributed by atoms with Crippen molar-refractivity contribution in [3.05, 3.63) is 82.3 Å². The van der Waals surface area contributed by atoms with E-state index in [4.69, 9.17) is 47.0 Å². The van der Waals surface area contributed by atoms with E-state index in [-0.39, 0.29) is 29.7 Å². The lowest BCUT2D eigenvalue weighted by molar-refractivity contribution is -0.121. The van der Waals surface area contributed by atoms with Crippen molar-refractivity contribution in [3.63, 3.8) is 0 Å². The van der Waals surface area contributed by atoms with E-state index >= 15 is 0 Å². The number of piperidine rings is 1. The van der Waals surface area contributed by atoms with Crippen LogP contribution in [-0.2, 0) is 17.8 Å². The number of benzene rings is 2. The Kier molecular flexibility index (Phi) is 7.18. The molecule has 188 valence electrons. The molecule has 0 spiro atoms. The zero-order valence-corrected chi connectivity index (χ0v) is 22.4. The number of nitrogens with zero attached hydrogens (tertiary/aromatic N) is 2. The Morgan fingerprint density at radius 1 is 1.00 bits per heavy atom. The van der Waals surface area contributed by atoms with Gasteiger partial charge in [-0.2, -0.15) is 0 Å². The summed E-state index contributed by atoms with van der Waals surface area (Å²) in [6.07, 6.45) is 0.110. The number of alkyl halides is 3. The van der Waals surface area contributed by atoms with Gasteiger partial charge in [0.15, 0.2) is 5.11 Å². The number of carbonyl (C=O) groups excluding carboxylic acids is 1. The lowest BCUT2D eigenvalue weighted by Crippen LogP contribution is -2.60. The van der Waals surface area contributed by atoms with Gasteiger partial charge in [0.05, 0.1) is 6.42 Å². The molecule has 10 heteroatoms. The summed E-state index contributed by atoms with van der Waals surface area (Å²) >= 11 is 24.4. The highest BCUT2D eigenvalue weighted by molar-refractivity contribution is 7.80. The predicted octanol–water partition coefficient (Wildman–Crippen LogP) is 4.35. The monoisotopic (exact) mass is 562 g/mol. The van der Waals surface area contributed by atoms with Gasteiger partial charge in [0, 0.05) is 37.3 Å². The summed E-state index contributed by atoms with van der Waals surface area (Å²) in [5, 5.41) is 8.33. The van der Waals surface area contributed by atoms with E-state index in [0.717, 1.165) is 28.5 Å². The number of halogens is 3. The minimum Gasteiger partial charge on any atom is -0.348 e. The molecule has 0 aliphatic carbocycles. The normalized spacial score (nSPS) is 19.9. The van der Waals surface area contributed by atoms with E-state index in [1.54, 1.807) is 12.1 Å². The number of hydrogen-bond acceptors (Lipinski definition) is 3. The van der Waals surface area contributed by atoms with Crippen LogP contribution >= 0.6 is 47.0 Å². The zero-order chi connectivity index (χ0) is 25.4. The molecule has 5 rings (SSSR count). The molecule has 3 aromatic rings. The molecule has 3 atom stereocenters. The van der Waals surface area contributed by atoms with Crippen molar-refractivity contribution >= 4 is 68.8 Å². The van der Waals surface area contributed by atoms with Crippen LogP contribution in [0.1, 0.15) is 23.6 Å². The first-order valence-corrected chi connectivity index (χ1v) is 13.3. The van der Waals surface area contributed by atoms with Crippen LogP contribution in [0.15, 0.2) is 65.5 Å². The average Bonchev–Trinajstić information content (AvgIpc) is 2.84. The van der Waals surface area contributed by atoms with E-state index in [1.807, 2.05) is 58.0 Å². The number of aromatic nitrogens is 1. The van der Waals surface area contributed by atoms with Crippen LogP contribution in [0.4, 0.5) is 0 Å². The molecular weight excluding hydrogens is 539 g/mol. The van der Waals surface area contributed by atoms with Crippen molar-refractivity contribution in [3.8, 4) is 0 Å². The highest BCUT2D eigenvalue weighted by Gasteiger charge is 2.38. The number of nitrogens with one attached hydrogen (secondary N) is 2. The Hall–Kier alpha value is -2.32. The Morgan fingerprint density at radius 3 is 2.56 bits per heavy atom. The second-order valence-electron chi connectivity index (χ2n) is 9.41. The number of fused-ring (bicyclic) bond motifs is 5. The quantitative estimate of drug-likeness (QED) is 0.281. The Morgan fingerprint density at radius 2 is 1.75 bits per heavy atom. The first-order chi connectivity index (χ1) is 17.2. The molecule has 2 bridgehead atoms. The van der Waals surface area contributed by atoms with E-state index in [9.17, 15) is 9.59 Å². The topological polar surface area (TPSA) is 66.4 Å². The van der Waals surface area contributed by atoms with Gasteiger partial charge in [0.2, 0.25) is 9.70 Å². The summed E-state index contributed by atoms with van der Waals surface area (Å²) in [6, 6.07) is 19.1. The van der Waals surface area contributed by atoms with Gasteiger partial charge in [-0.3, -0.25) is 9.59 Å². The van der Waals surface area contributed by atoms with Gasteiger partial charge >= 0.3 is 0 Å². The largest absolute Gasteiger partial charge is 0.348 e. The fourth-order valence-electron chi connectivity index (χ4n) is 5.31. The van der Waals surface area contributed by atoms with Crippen molar-refractivity contribution in [2.24, 2.45) is 5.92 Å². The summed E-state index contributed by atoms with van der Waals surface area (Å²) in [7, 11) is 0. The zero-order valence-electron chi connectivity index (χ0n) is 19.3. The Balaban J connectivity index is 1.27. The molecule has 36 heavy (non-hydrogen) atoms. The summed E-state index contributed by atoms with van der Waals surface area (Å²) in [5.41, 5.74) is 1.93. The first-order valence-electron chi connectivity index (χ1n) is 11.8. The summed E-state index contributed by atoms with van der Waals surface area (Å²) in [6.45, 7) is 1.97. The molecule has 2 aromatic carbocycles. The smallest absolute Gasteiger partial charge is 0.250 e. The molecule has 1 aromatic heterocycles. The number of likely N-dealkylation sites (tertiary alicyclic amines) is 1. The second-order valence-corrected chi connectivity index (χ2v) is 12.2. The predicted molar refractivity (Wildman–Crippen MR) is 149 cm³/mol. The maximum atomic E-state index is 13.0. The maximum Gasteiger partial charge on any atom is 0.250 e.